The molecule has 1 saturated heterocycles. The topological polar surface area (TPSA) is 110 Å². The lowest BCUT2D eigenvalue weighted by molar-refractivity contribution is 0.0792. The third-order valence-corrected chi connectivity index (χ3v) is 6.42. The number of likely N-dealkylation sites (tertiary alicyclic amines) is 1. The van der Waals surface area contributed by atoms with Crippen LogP contribution in [0, 0.1) is 0 Å². The SMILES string of the molecule is CN(C)Cc1cncc(NC(=O)c2n[nH]c3ccc(-c4cncc(CN5CCC(O)CC5)c4)cc23)c1. The first-order chi connectivity index (χ1) is 17.4. The smallest absolute Gasteiger partial charge is 0.276 e. The van der Waals surface area contributed by atoms with E-state index in [4.69, 9.17) is 0 Å². The minimum atomic E-state index is -0.290. The van der Waals surface area contributed by atoms with Gasteiger partial charge in [0.2, 0.25) is 0 Å². The number of carbonyl (C=O) groups excluding carboxylic acids is 1. The first-order valence-electron chi connectivity index (χ1n) is 12.2. The Bertz CT molecular complexity index is 1360. The summed E-state index contributed by atoms with van der Waals surface area (Å²) < 4.78 is 0. The molecule has 0 spiro atoms. The Kier molecular flexibility index (Phi) is 7.04. The highest BCUT2D eigenvalue weighted by atomic mass is 16.3. The van der Waals surface area contributed by atoms with Gasteiger partial charge < -0.3 is 15.3 Å². The van der Waals surface area contributed by atoms with Gasteiger partial charge in [0, 0.05) is 55.7 Å². The van der Waals surface area contributed by atoms with Gasteiger partial charge in [-0.2, -0.15) is 5.10 Å². The molecule has 0 saturated carbocycles. The van der Waals surface area contributed by atoms with Crippen LogP contribution in [0.5, 0.6) is 0 Å². The molecule has 5 rings (SSSR count). The second kappa shape index (κ2) is 10.5. The summed E-state index contributed by atoms with van der Waals surface area (Å²) in [5, 5.41) is 20.7. The lowest BCUT2D eigenvalue weighted by Crippen LogP contribution is -2.35. The molecule has 36 heavy (non-hydrogen) atoms. The highest BCUT2D eigenvalue weighted by Crippen LogP contribution is 2.27. The summed E-state index contributed by atoms with van der Waals surface area (Å²) in [6, 6.07) is 9.99. The molecule has 9 heteroatoms. The van der Waals surface area contributed by atoms with E-state index in [2.05, 4.69) is 36.4 Å². The number of carbonyl (C=O) groups is 1. The molecule has 4 heterocycles. The largest absolute Gasteiger partial charge is 0.393 e. The summed E-state index contributed by atoms with van der Waals surface area (Å²) in [7, 11) is 3.98. The molecule has 1 fully saturated rings. The number of hydrogen-bond acceptors (Lipinski definition) is 7. The number of amides is 1. The normalized spacial score (nSPS) is 15.0. The fraction of sp³-hybridized carbons (Fsp3) is 0.333. The van der Waals surface area contributed by atoms with Gasteiger partial charge in [-0.15, -0.1) is 0 Å². The number of rotatable bonds is 7. The maximum absolute atomic E-state index is 13.1. The molecule has 0 unspecified atom stereocenters. The summed E-state index contributed by atoms with van der Waals surface area (Å²) in [4.78, 5) is 26.2. The van der Waals surface area contributed by atoms with Crippen LogP contribution < -0.4 is 5.32 Å². The number of aliphatic hydroxyl groups is 1. The van der Waals surface area contributed by atoms with Gasteiger partial charge in [-0.25, -0.2) is 0 Å². The highest BCUT2D eigenvalue weighted by molar-refractivity contribution is 6.11. The number of aromatic amines is 1. The van der Waals surface area contributed by atoms with Gasteiger partial charge in [-0.3, -0.25) is 24.8 Å². The molecular formula is C27H31N7O2. The van der Waals surface area contributed by atoms with E-state index in [1.165, 1.54) is 0 Å². The number of H-pyrrole nitrogens is 1. The average Bonchev–Trinajstić information content (AvgIpc) is 3.29. The molecule has 3 N–H and O–H groups in total. The van der Waals surface area contributed by atoms with E-state index < -0.39 is 0 Å². The van der Waals surface area contributed by atoms with Crippen molar-refractivity contribution in [3.05, 3.63) is 71.9 Å². The number of anilines is 1. The maximum atomic E-state index is 13.1. The lowest BCUT2D eigenvalue weighted by Gasteiger charge is -2.29. The van der Waals surface area contributed by atoms with Crippen LogP contribution in [0.4, 0.5) is 5.69 Å². The second-order valence-electron chi connectivity index (χ2n) is 9.70. The molecule has 3 aromatic heterocycles. The quantitative estimate of drug-likeness (QED) is 0.368. The summed E-state index contributed by atoms with van der Waals surface area (Å²) in [5.74, 6) is -0.290. The Balaban J connectivity index is 1.36. The minimum absolute atomic E-state index is 0.183. The third kappa shape index (κ3) is 5.59. The van der Waals surface area contributed by atoms with Crippen molar-refractivity contribution in [3.63, 3.8) is 0 Å². The molecule has 0 atom stereocenters. The Hall–Kier alpha value is -3.66. The first-order valence-corrected chi connectivity index (χ1v) is 12.2. The Labute approximate surface area is 210 Å². The van der Waals surface area contributed by atoms with E-state index >= 15 is 0 Å². The van der Waals surface area contributed by atoms with Crippen molar-refractivity contribution in [3.8, 4) is 11.1 Å². The molecule has 0 aliphatic carbocycles. The Morgan fingerprint density at radius 2 is 1.83 bits per heavy atom. The molecule has 1 aliphatic rings. The number of benzene rings is 1. The fourth-order valence-electron chi connectivity index (χ4n) is 4.63. The van der Waals surface area contributed by atoms with Crippen molar-refractivity contribution in [1.29, 1.82) is 0 Å². The zero-order chi connectivity index (χ0) is 25.1. The molecule has 9 nitrogen and oxygen atoms in total. The summed E-state index contributed by atoms with van der Waals surface area (Å²) in [6.07, 6.45) is 8.60. The number of aliphatic hydroxyl groups excluding tert-OH is 1. The lowest BCUT2D eigenvalue weighted by atomic mass is 10.0. The molecule has 1 aliphatic heterocycles. The van der Waals surface area contributed by atoms with Crippen LogP contribution in [0.1, 0.15) is 34.5 Å². The van der Waals surface area contributed by atoms with Crippen LogP contribution in [-0.2, 0) is 13.1 Å². The number of nitrogens with one attached hydrogen (secondary N) is 2. The van der Waals surface area contributed by atoms with Crippen molar-refractivity contribution in [2.75, 3.05) is 32.5 Å². The van der Waals surface area contributed by atoms with Crippen LogP contribution in [0.2, 0.25) is 0 Å². The third-order valence-electron chi connectivity index (χ3n) is 6.42. The predicted molar refractivity (Wildman–Crippen MR) is 139 cm³/mol. The van der Waals surface area contributed by atoms with E-state index in [9.17, 15) is 9.90 Å². The molecule has 4 aromatic rings. The first kappa shape index (κ1) is 24.1. The van der Waals surface area contributed by atoms with Gasteiger partial charge in [-0.1, -0.05) is 6.07 Å². The van der Waals surface area contributed by atoms with Crippen molar-refractivity contribution in [1.82, 2.24) is 30.0 Å². The van der Waals surface area contributed by atoms with Crippen molar-refractivity contribution >= 4 is 22.5 Å². The highest BCUT2D eigenvalue weighted by Gasteiger charge is 2.18. The van der Waals surface area contributed by atoms with Crippen molar-refractivity contribution in [2.24, 2.45) is 0 Å². The van der Waals surface area contributed by atoms with Crippen LogP contribution in [0.3, 0.4) is 0 Å². The number of aromatic nitrogens is 4. The van der Waals surface area contributed by atoms with E-state index in [-0.39, 0.29) is 12.0 Å². The zero-order valence-corrected chi connectivity index (χ0v) is 20.6. The van der Waals surface area contributed by atoms with Crippen LogP contribution in [-0.4, -0.2) is 74.3 Å². The molecule has 0 bridgehead atoms. The van der Waals surface area contributed by atoms with Gasteiger partial charge >= 0.3 is 0 Å². The Morgan fingerprint density at radius 1 is 1.06 bits per heavy atom. The summed E-state index contributed by atoms with van der Waals surface area (Å²) in [6.45, 7) is 3.31. The van der Waals surface area contributed by atoms with E-state index in [0.29, 0.717) is 11.4 Å². The van der Waals surface area contributed by atoms with E-state index in [1.807, 2.05) is 55.7 Å². The molecule has 186 valence electrons. The van der Waals surface area contributed by atoms with Crippen molar-refractivity contribution < 1.29 is 9.90 Å². The van der Waals surface area contributed by atoms with Gasteiger partial charge in [-0.05, 0) is 67.9 Å². The number of piperidine rings is 1. The number of pyridine rings is 2. The van der Waals surface area contributed by atoms with Crippen LogP contribution in [0.25, 0.3) is 22.0 Å². The van der Waals surface area contributed by atoms with Crippen molar-refractivity contribution in [2.45, 2.75) is 32.0 Å². The molecule has 0 radical (unpaired) electrons. The average molecular weight is 486 g/mol. The van der Waals surface area contributed by atoms with Crippen LogP contribution in [0.15, 0.2) is 55.1 Å². The van der Waals surface area contributed by atoms with Gasteiger partial charge in [0.15, 0.2) is 5.69 Å². The standard InChI is InChI=1S/C27H31N7O2/c1-33(2)16-19-10-22(15-29-13-19)30-27(36)26-24-11-20(3-4-25(24)31-32-26)21-9-18(12-28-14-21)17-34-7-5-23(35)6-8-34/h3-4,9-15,23,35H,5-8,16-17H2,1-2H3,(H,30,36)(H,31,32). The fourth-order valence-corrected chi connectivity index (χ4v) is 4.63. The molecular weight excluding hydrogens is 454 g/mol. The maximum Gasteiger partial charge on any atom is 0.276 e. The summed E-state index contributed by atoms with van der Waals surface area (Å²) in [5.41, 5.74) is 5.85. The van der Waals surface area contributed by atoms with Crippen LogP contribution >= 0.6 is 0 Å². The summed E-state index contributed by atoms with van der Waals surface area (Å²) >= 11 is 0. The monoisotopic (exact) mass is 485 g/mol. The van der Waals surface area contributed by atoms with Gasteiger partial charge in [0.05, 0.1) is 23.5 Å². The number of hydrogen-bond donors (Lipinski definition) is 3. The number of nitrogens with zero attached hydrogens (tertiary/aromatic N) is 5. The van der Waals surface area contributed by atoms with E-state index in [1.54, 1.807) is 12.4 Å². The molecule has 1 amide bonds. The Morgan fingerprint density at radius 3 is 2.64 bits per heavy atom. The minimum Gasteiger partial charge on any atom is -0.393 e. The molecule has 1 aromatic carbocycles. The van der Waals surface area contributed by atoms with E-state index in [0.717, 1.165) is 72.2 Å². The number of fused-ring (bicyclic) bond motifs is 1. The predicted octanol–water partition coefficient (Wildman–Crippen LogP) is 3.29. The zero-order valence-electron chi connectivity index (χ0n) is 20.6. The van der Waals surface area contributed by atoms with Gasteiger partial charge in [0.25, 0.3) is 5.91 Å². The van der Waals surface area contributed by atoms with Gasteiger partial charge in [0.1, 0.15) is 0 Å². The second-order valence-corrected chi connectivity index (χ2v) is 9.70.